The van der Waals surface area contributed by atoms with E-state index in [9.17, 15) is 0 Å². The molecule has 120 valence electrons. The van der Waals surface area contributed by atoms with Crippen LogP contribution in [-0.4, -0.2) is 22.1 Å². The first-order valence-electron chi connectivity index (χ1n) is 7.73. The third-order valence-electron chi connectivity index (χ3n) is 4.01. The molecule has 0 saturated heterocycles. The van der Waals surface area contributed by atoms with E-state index in [-0.39, 0.29) is 0 Å². The molecule has 0 saturated carbocycles. The van der Waals surface area contributed by atoms with E-state index in [1.807, 2.05) is 24.3 Å². The maximum absolute atomic E-state index is 5.30. The molecule has 0 amide bonds. The van der Waals surface area contributed by atoms with Crippen LogP contribution in [0.5, 0.6) is 5.75 Å². The smallest absolute Gasteiger partial charge is 0.227 e. The van der Waals surface area contributed by atoms with Gasteiger partial charge in [-0.2, -0.15) is 4.98 Å². The number of ether oxygens (including phenoxy) is 1. The van der Waals surface area contributed by atoms with Crippen LogP contribution in [0.15, 0.2) is 55.0 Å². The van der Waals surface area contributed by atoms with Gasteiger partial charge >= 0.3 is 0 Å². The Kier molecular flexibility index (Phi) is 3.70. The molecule has 2 aromatic heterocycles. The number of hydrogen-bond acceptors (Lipinski definition) is 6. The number of aromatic nitrogens is 3. The van der Waals surface area contributed by atoms with Crippen LogP contribution in [0.3, 0.4) is 0 Å². The van der Waals surface area contributed by atoms with Gasteiger partial charge in [-0.15, -0.1) is 0 Å². The zero-order chi connectivity index (χ0) is 16.4. The van der Waals surface area contributed by atoms with E-state index in [2.05, 4.69) is 37.3 Å². The number of pyridine rings is 1. The summed E-state index contributed by atoms with van der Waals surface area (Å²) in [6, 6.07) is 11.8. The molecule has 1 aliphatic heterocycles. The summed E-state index contributed by atoms with van der Waals surface area (Å²) in [6.45, 7) is 1.59. The minimum Gasteiger partial charge on any atom is -0.497 e. The Bertz CT molecular complexity index is 853. The molecule has 0 unspecified atom stereocenters. The predicted molar refractivity (Wildman–Crippen MR) is 92.4 cm³/mol. The Morgan fingerprint density at radius 1 is 1.00 bits per heavy atom. The second-order valence-corrected chi connectivity index (χ2v) is 5.59. The fraction of sp³-hybridized carbons (Fsp3) is 0.167. The molecular weight excluding hydrogens is 302 g/mol. The van der Waals surface area contributed by atoms with Gasteiger partial charge in [0.1, 0.15) is 11.6 Å². The molecule has 3 heterocycles. The molecule has 0 atom stereocenters. The number of rotatable bonds is 4. The number of fused-ring (bicyclic) bond motifs is 1. The van der Waals surface area contributed by atoms with E-state index in [0.29, 0.717) is 5.95 Å². The van der Waals surface area contributed by atoms with Crippen LogP contribution in [0.4, 0.5) is 17.5 Å². The Balaban J connectivity index is 1.54. The summed E-state index contributed by atoms with van der Waals surface area (Å²) in [4.78, 5) is 15.2. The quantitative estimate of drug-likeness (QED) is 0.797. The monoisotopic (exact) mass is 319 g/mol. The van der Waals surface area contributed by atoms with Crippen molar-refractivity contribution < 1.29 is 4.74 Å². The Labute approximate surface area is 140 Å². The molecule has 4 rings (SSSR count). The lowest BCUT2D eigenvalue weighted by Crippen LogP contribution is -2.17. The van der Waals surface area contributed by atoms with Crippen molar-refractivity contribution in [3.05, 3.63) is 66.1 Å². The summed E-state index contributed by atoms with van der Waals surface area (Å²) >= 11 is 0. The summed E-state index contributed by atoms with van der Waals surface area (Å²) in [5.74, 6) is 2.36. The fourth-order valence-corrected chi connectivity index (χ4v) is 2.79. The Hall–Kier alpha value is -3.15. The number of hydrogen-bond donors (Lipinski definition) is 1. The predicted octanol–water partition coefficient (Wildman–Crippen LogP) is 3.14. The van der Waals surface area contributed by atoms with Crippen LogP contribution < -0.4 is 15.0 Å². The van der Waals surface area contributed by atoms with Crippen molar-refractivity contribution in [3.63, 3.8) is 0 Å². The van der Waals surface area contributed by atoms with Crippen LogP contribution in [0.2, 0.25) is 0 Å². The molecule has 1 aromatic carbocycles. The van der Waals surface area contributed by atoms with Gasteiger partial charge in [-0.05, 0) is 41.5 Å². The molecule has 1 N–H and O–H groups in total. The second-order valence-electron chi connectivity index (χ2n) is 5.59. The molecule has 6 heteroatoms. The van der Waals surface area contributed by atoms with Crippen molar-refractivity contribution in [2.75, 3.05) is 17.3 Å². The maximum Gasteiger partial charge on any atom is 0.227 e. The number of benzene rings is 1. The normalized spacial score (nSPS) is 12.8. The van der Waals surface area contributed by atoms with Gasteiger partial charge in [0.15, 0.2) is 0 Å². The largest absolute Gasteiger partial charge is 0.497 e. The molecule has 0 spiro atoms. The van der Waals surface area contributed by atoms with Crippen molar-refractivity contribution in [3.8, 4) is 5.75 Å². The summed E-state index contributed by atoms with van der Waals surface area (Å²) in [6.07, 6.45) is 5.26. The van der Waals surface area contributed by atoms with Crippen molar-refractivity contribution in [2.24, 2.45) is 0 Å². The van der Waals surface area contributed by atoms with Gasteiger partial charge in [0.2, 0.25) is 5.95 Å². The first kappa shape index (κ1) is 14.4. The third kappa shape index (κ3) is 2.86. The maximum atomic E-state index is 5.30. The van der Waals surface area contributed by atoms with Crippen molar-refractivity contribution in [2.45, 2.75) is 13.1 Å². The van der Waals surface area contributed by atoms with E-state index in [1.165, 1.54) is 11.1 Å². The minimum atomic E-state index is 0.712. The molecule has 0 radical (unpaired) electrons. The van der Waals surface area contributed by atoms with E-state index in [1.54, 1.807) is 25.7 Å². The van der Waals surface area contributed by atoms with E-state index in [4.69, 9.17) is 4.74 Å². The van der Waals surface area contributed by atoms with E-state index in [0.717, 1.165) is 30.3 Å². The minimum absolute atomic E-state index is 0.712. The van der Waals surface area contributed by atoms with Crippen molar-refractivity contribution in [1.29, 1.82) is 0 Å². The highest BCUT2D eigenvalue weighted by Crippen LogP contribution is 2.29. The molecule has 3 aromatic rings. The summed E-state index contributed by atoms with van der Waals surface area (Å²) in [5, 5.41) is 3.27. The van der Waals surface area contributed by atoms with E-state index >= 15 is 0 Å². The lowest BCUT2D eigenvalue weighted by atomic mass is 10.1. The zero-order valence-corrected chi connectivity index (χ0v) is 13.3. The molecular formula is C18H17N5O. The van der Waals surface area contributed by atoms with Gasteiger partial charge in [-0.1, -0.05) is 6.07 Å². The molecule has 0 aliphatic carbocycles. The van der Waals surface area contributed by atoms with E-state index < -0.39 is 0 Å². The Morgan fingerprint density at radius 3 is 2.67 bits per heavy atom. The highest BCUT2D eigenvalue weighted by Gasteiger charge is 2.21. The highest BCUT2D eigenvalue weighted by atomic mass is 16.5. The molecule has 0 bridgehead atoms. The topological polar surface area (TPSA) is 63.2 Å². The molecule has 24 heavy (non-hydrogen) atoms. The summed E-state index contributed by atoms with van der Waals surface area (Å²) in [5.41, 5.74) is 3.49. The first-order valence-corrected chi connectivity index (χ1v) is 7.73. The number of nitrogens with one attached hydrogen (secondary N) is 1. The zero-order valence-electron chi connectivity index (χ0n) is 13.3. The number of anilines is 3. The van der Waals surface area contributed by atoms with Crippen LogP contribution in [0, 0.1) is 0 Å². The SMILES string of the molecule is COc1ccc2c(c1)CN(c1nccc(Nc3ccncc3)n1)C2. The average Bonchev–Trinajstić information content (AvgIpc) is 3.06. The van der Waals surface area contributed by atoms with Crippen molar-refractivity contribution in [1.82, 2.24) is 15.0 Å². The summed E-state index contributed by atoms with van der Waals surface area (Å²) < 4.78 is 5.30. The second kappa shape index (κ2) is 6.16. The van der Waals surface area contributed by atoms with Gasteiger partial charge in [-0.25, -0.2) is 4.98 Å². The van der Waals surface area contributed by atoms with Crippen LogP contribution >= 0.6 is 0 Å². The van der Waals surface area contributed by atoms with Crippen LogP contribution in [-0.2, 0) is 13.1 Å². The average molecular weight is 319 g/mol. The number of nitrogens with zero attached hydrogens (tertiary/aromatic N) is 4. The van der Waals surface area contributed by atoms with Crippen LogP contribution in [0.25, 0.3) is 0 Å². The van der Waals surface area contributed by atoms with Crippen molar-refractivity contribution >= 4 is 17.5 Å². The summed E-state index contributed by atoms with van der Waals surface area (Å²) in [7, 11) is 1.69. The fourth-order valence-electron chi connectivity index (χ4n) is 2.79. The third-order valence-corrected chi connectivity index (χ3v) is 4.01. The number of methoxy groups -OCH3 is 1. The van der Waals surface area contributed by atoms with Gasteiger partial charge in [0, 0.05) is 37.4 Å². The van der Waals surface area contributed by atoms with Gasteiger partial charge in [0.25, 0.3) is 0 Å². The highest BCUT2D eigenvalue weighted by molar-refractivity contribution is 5.56. The molecule has 0 fully saturated rings. The molecule has 6 nitrogen and oxygen atoms in total. The standard InChI is InChI=1S/C18H17N5O/c1-24-16-3-2-13-11-23(12-14(13)10-16)18-20-9-6-17(22-18)21-15-4-7-19-8-5-15/h2-10H,11-12H2,1H3,(H,19,20,21,22). The lowest BCUT2D eigenvalue weighted by molar-refractivity contribution is 0.414. The lowest BCUT2D eigenvalue weighted by Gasteiger charge is -2.16. The van der Waals surface area contributed by atoms with Gasteiger partial charge < -0.3 is 15.0 Å². The Morgan fingerprint density at radius 2 is 1.83 bits per heavy atom. The molecule has 1 aliphatic rings. The first-order chi connectivity index (χ1) is 11.8. The van der Waals surface area contributed by atoms with Crippen LogP contribution in [0.1, 0.15) is 11.1 Å². The van der Waals surface area contributed by atoms with Gasteiger partial charge in [-0.3, -0.25) is 4.98 Å². The van der Waals surface area contributed by atoms with Gasteiger partial charge in [0.05, 0.1) is 7.11 Å².